The number of rotatable bonds is 6. The SMILES string of the molecule is CCN(CC)c1cnnc(N(CC)C2CCS(=O)(=O)C2)n1. The molecular formula is C13H23N5O2S. The Bertz CT molecular complexity index is 574. The lowest BCUT2D eigenvalue weighted by molar-refractivity contribution is 0.598. The van der Waals surface area contributed by atoms with Gasteiger partial charge < -0.3 is 9.80 Å². The maximum atomic E-state index is 11.7. The number of hydrogen-bond donors (Lipinski definition) is 0. The van der Waals surface area contributed by atoms with Gasteiger partial charge in [-0.1, -0.05) is 0 Å². The second kappa shape index (κ2) is 6.55. The first-order valence-electron chi connectivity index (χ1n) is 7.42. The highest BCUT2D eigenvalue weighted by molar-refractivity contribution is 7.91. The number of hydrogen-bond acceptors (Lipinski definition) is 7. The summed E-state index contributed by atoms with van der Waals surface area (Å²) in [7, 11) is -2.92. The zero-order chi connectivity index (χ0) is 15.5. The average Bonchev–Trinajstić information content (AvgIpc) is 2.82. The second-order valence-corrected chi connectivity index (χ2v) is 7.36. The molecule has 0 saturated carbocycles. The highest BCUT2D eigenvalue weighted by Crippen LogP contribution is 2.22. The summed E-state index contributed by atoms with van der Waals surface area (Å²) in [5.74, 6) is 1.73. The Hall–Kier alpha value is -1.44. The van der Waals surface area contributed by atoms with E-state index in [9.17, 15) is 8.42 Å². The third-order valence-corrected chi connectivity index (χ3v) is 5.62. The van der Waals surface area contributed by atoms with Gasteiger partial charge in [0.25, 0.3) is 0 Å². The molecule has 2 rings (SSSR count). The van der Waals surface area contributed by atoms with E-state index in [2.05, 4.69) is 33.9 Å². The molecule has 1 unspecified atom stereocenters. The van der Waals surface area contributed by atoms with Crippen molar-refractivity contribution in [2.75, 3.05) is 40.9 Å². The lowest BCUT2D eigenvalue weighted by Gasteiger charge is -2.27. The Morgan fingerprint density at radius 2 is 1.95 bits per heavy atom. The van der Waals surface area contributed by atoms with Crippen molar-refractivity contribution in [2.45, 2.75) is 33.2 Å². The maximum Gasteiger partial charge on any atom is 0.247 e. The van der Waals surface area contributed by atoms with Gasteiger partial charge in [-0.05, 0) is 27.2 Å². The lowest BCUT2D eigenvalue weighted by Crippen LogP contribution is -2.38. The van der Waals surface area contributed by atoms with Gasteiger partial charge in [0, 0.05) is 25.7 Å². The molecule has 118 valence electrons. The molecule has 1 saturated heterocycles. The molecule has 1 aliphatic heterocycles. The van der Waals surface area contributed by atoms with Crippen molar-refractivity contribution in [1.29, 1.82) is 0 Å². The van der Waals surface area contributed by atoms with Crippen LogP contribution in [-0.2, 0) is 9.84 Å². The van der Waals surface area contributed by atoms with Gasteiger partial charge >= 0.3 is 0 Å². The van der Waals surface area contributed by atoms with Crippen molar-refractivity contribution < 1.29 is 8.42 Å². The van der Waals surface area contributed by atoms with Crippen molar-refractivity contribution in [2.24, 2.45) is 0 Å². The molecule has 7 nitrogen and oxygen atoms in total. The van der Waals surface area contributed by atoms with E-state index in [0.717, 1.165) is 18.9 Å². The van der Waals surface area contributed by atoms with Crippen LogP contribution in [0.2, 0.25) is 0 Å². The summed E-state index contributed by atoms with van der Waals surface area (Å²) in [4.78, 5) is 8.61. The summed E-state index contributed by atoms with van der Waals surface area (Å²) in [6.45, 7) is 8.47. The molecule has 1 aromatic rings. The van der Waals surface area contributed by atoms with E-state index >= 15 is 0 Å². The van der Waals surface area contributed by atoms with Crippen LogP contribution < -0.4 is 9.80 Å². The van der Waals surface area contributed by atoms with Crippen LogP contribution in [0, 0.1) is 0 Å². The number of sulfone groups is 1. The van der Waals surface area contributed by atoms with Gasteiger partial charge in [-0.15, -0.1) is 5.10 Å². The minimum atomic E-state index is -2.92. The van der Waals surface area contributed by atoms with Gasteiger partial charge in [-0.25, -0.2) is 8.42 Å². The zero-order valence-electron chi connectivity index (χ0n) is 12.9. The molecule has 21 heavy (non-hydrogen) atoms. The van der Waals surface area contributed by atoms with E-state index in [1.54, 1.807) is 6.20 Å². The Balaban J connectivity index is 2.24. The summed E-state index contributed by atoms with van der Waals surface area (Å²) < 4.78 is 23.3. The van der Waals surface area contributed by atoms with Gasteiger partial charge in [-0.3, -0.25) is 0 Å². The summed E-state index contributed by atoms with van der Waals surface area (Å²) in [6.07, 6.45) is 2.28. The molecule has 8 heteroatoms. The molecule has 0 aliphatic carbocycles. The molecule has 2 heterocycles. The van der Waals surface area contributed by atoms with E-state index in [1.807, 2.05) is 11.8 Å². The molecule has 0 bridgehead atoms. The van der Waals surface area contributed by atoms with Crippen molar-refractivity contribution in [3.8, 4) is 0 Å². The highest BCUT2D eigenvalue weighted by atomic mass is 32.2. The molecule has 1 atom stereocenters. The smallest absolute Gasteiger partial charge is 0.247 e. The average molecular weight is 313 g/mol. The van der Waals surface area contributed by atoms with Gasteiger partial charge in [0.2, 0.25) is 5.95 Å². The van der Waals surface area contributed by atoms with Crippen LogP contribution in [0.15, 0.2) is 6.20 Å². The van der Waals surface area contributed by atoms with Gasteiger partial charge in [0.05, 0.1) is 17.7 Å². The molecule has 1 aliphatic rings. The largest absolute Gasteiger partial charge is 0.356 e. The summed E-state index contributed by atoms with van der Waals surface area (Å²) in [6, 6.07) is -0.0475. The number of anilines is 2. The normalized spacial score (nSPS) is 20.4. The first kappa shape index (κ1) is 15.9. The van der Waals surface area contributed by atoms with Crippen LogP contribution in [0.4, 0.5) is 11.8 Å². The molecule has 0 aromatic carbocycles. The summed E-state index contributed by atoms with van der Waals surface area (Å²) in [5, 5.41) is 8.13. The van der Waals surface area contributed by atoms with Crippen molar-refractivity contribution in [3.63, 3.8) is 0 Å². The number of aromatic nitrogens is 3. The molecule has 0 spiro atoms. The molecule has 0 radical (unpaired) electrons. The van der Waals surface area contributed by atoms with Crippen molar-refractivity contribution in [3.05, 3.63) is 6.20 Å². The first-order chi connectivity index (χ1) is 10.0. The zero-order valence-corrected chi connectivity index (χ0v) is 13.7. The van der Waals surface area contributed by atoms with Gasteiger partial charge in [-0.2, -0.15) is 10.1 Å². The fraction of sp³-hybridized carbons (Fsp3) is 0.769. The standard InChI is InChI=1S/C13H23N5O2S/c1-4-17(5-2)12-9-14-16-13(15-12)18(6-3)11-7-8-21(19,20)10-11/h9,11H,4-8,10H2,1-3H3. The highest BCUT2D eigenvalue weighted by Gasteiger charge is 2.33. The Labute approximate surface area is 126 Å². The van der Waals surface area contributed by atoms with Crippen LogP contribution in [0.3, 0.4) is 0 Å². The minimum Gasteiger partial charge on any atom is -0.356 e. The van der Waals surface area contributed by atoms with E-state index in [1.165, 1.54) is 0 Å². The Kier molecular flexibility index (Phi) is 4.97. The van der Waals surface area contributed by atoms with Crippen molar-refractivity contribution in [1.82, 2.24) is 15.2 Å². The van der Waals surface area contributed by atoms with Crippen LogP contribution in [0.5, 0.6) is 0 Å². The van der Waals surface area contributed by atoms with Crippen molar-refractivity contribution >= 4 is 21.6 Å². The van der Waals surface area contributed by atoms with E-state index in [-0.39, 0.29) is 17.5 Å². The van der Waals surface area contributed by atoms with Crippen LogP contribution in [0.25, 0.3) is 0 Å². The monoisotopic (exact) mass is 313 g/mol. The topological polar surface area (TPSA) is 79.3 Å². The maximum absolute atomic E-state index is 11.7. The summed E-state index contributed by atoms with van der Waals surface area (Å²) >= 11 is 0. The Morgan fingerprint density at radius 1 is 1.24 bits per heavy atom. The quantitative estimate of drug-likeness (QED) is 0.766. The van der Waals surface area contributed by atoms with Gasteiger partial charge in [0.15, 0.2) is 15.7 Å². The fourth-order valence-electron chi connectivity index (χ4n) is 2.69. The van der Waals surface area contributed by atoms with Crippen LogP contribution in [-0.4, -0.2) is 60.8 Å². The predicted molar refractivity (Wildman–Crippen MR) is 83.5 cm³/mol. The number of nitrogens with zero attached hydrogens (tertiary/aromatic N) is 5. The predicted octanol–water partition coefficient (Wildman–Crippen LogP) is 0.731. The second-order valence-electron chi connectivity index (χ2n) is 5.13. The third kappa shape index (κ3) is 3.61. The van der Waals surface area contributed by atoms with E-state index < -0.39 is 9.84 Å². The first-order valence-corrected chi connectivity index (χ1v) is 9.24. The lowest BCUT2D eigenvalue weighted by atomic mass is 10.2. The molecule has 1 aromatic heterocycles. The molecule has 0 amide bonds. The summed E-state index contributed by atoms with van der Waals surface area (Å²) in [5.41, 5.74) is 0. The Morgan fingerprint density at radius 3 is 2.48 bits per heavy atom. The molecular weight excluding hydrogens is 290 g/mol. The van der Waals surface area contributed by atoms with Crippen LogP contribution in [0.1, 0.15) is 27.2 Å². The molecule has 0 N–H and O–H groups in total. The van der Waals surface area contributed by atoms with E-state index in [4.69, 9.17) is 0 Å². The minimum absolute atomic E-state index is 0.0475. The third-order valence-electron chi connectivity index (χ3n) is 3.87. The fourth-order valence-corrected chi connectivity index (χ4v) is 4.42. The van der Waals surface area contributed by atoms with Gasteiger partial charge in [0.1, 0.15) is 0 Å². The van der Waals surface area contributed by atoms with Crippen LogP contribution >= 0.6 is 0 Å². The molecule has 1 fully saturated rings. The van der Waals surface area contributed by atoms with E-state index in [0.29, 0.717) is 18.9 Å².